The molecule has 1 aliphatic heterocycles. The Labute approximate surface area is 164 Å². The van der Waals surface area contributed by atoms with Gasteiger partial charge in [-0.25, -0.2) is 0 Å². The van der Waals surface area contributed by atoms with Crippen LogP contribution in [-0.2, 0) is 16.6 Å². The lowest BCUT2D eigenvalue weighted by Crippen LogP contribution is -2.74. The van der Waals surface area contributed by atoms with Crippen molar-refractivity contribution in [3.63, 3.8) is 0 Å². The normalized spacial score (nSPS) is 35.8. The van der Waals surface area contributed by atoms with Crippen LogP contribution in [0, 0.1) is 5.92 Å². The molecule has 2 bridgehead atoms. The summed E-state index contributed by atoms with van der Waals surface area (Å²) in [7, 11) is 0. The molecule has 4 atom stereocenters. The summed E-state index contributed by atoms with van der Waals surface area (Å²) >= 11 is 0. The zero-order valence-electron chi connectivity index (χ0n) is 16.3. The first kappa shape index (κ1) is 18.1. The third-order valence-corrected chi connectivity index (χ3v) is 8.11. The summed E-state index contributed by atoms with van der Waals surface area (Å²) in [5.74, 6) is -0.0261. The molecule has 6 heteroatoms. The number of piperidine rings is 1. The van der Waals surface area contributed by atoms with Gasteiger partial charge in [-0.2, -0.15) is 0 Å². The van der Waals surface area contributed by atoms with Gasteiger partial charge >= 0.3 is 0 Å². The Hall–Kier alpha value is -1.92. The number of hydrogen-bond acceptors (Lipinski definition) is 5. The smallest absolute Gasteiger partial charge is 0.252 e. The van der Waals surface area contributed by atoms with E-state index in [9.17, 15) is 19.8 Å². The van der Waals surface area contributed by atoms with Gasteiger partial charge in [-0.05, 0) is 63.1 Å². The molecule has 6 nitrogen and oxygen atoms in total. The predicted molar refractivity (Wildman–Crippen MR) is 103 cm³/mol. The van der Waals surface area contributed by atoms with Gasteiger partial charge in [0.2, 0.25) is 0 Å². The quantitative estimate of drug-likeness (QED) is 0.735. The number of phenols is 1. The summed E-state index contributed by atoms with van der Waals surface area (Å²) < 4.78 is 0. The molecule has 3 aliphatic carbocycles. The molecule has 0 radical (unpaired) electrons. The topological polar surface area (TPSA) is 104 Å². The number of amides is 1. The number of nitrogens with two attached hydrogens (primary N) is 1. The highest BCUT2D eigenvalue weighted by atomic mass is 16.3. The molecule has 1 heterocycles. The average molecular weight is 384 g/mol. The molecule has 28 heavy (non-hydrogen) atoms. The van der Waals surface area contributed by atoms with Crippen molar-refractivity contribution in [2.24, 2.45) is 11.7 Å². The van der Waals surface area contributed by atoms with Crippen LogP contribution in [0.3, 0.4) is 0 Å². The third kappa shape index (κ3) is 2.22. The number of aliphatic hydroxyl groups is 1. The number of carbonyl (C=O) groups is 2. The molecule has 3 fully saturated rings. The maximum absolute atomic E-state index is 12.5. The van der Waals surface area contributed by atoms with E-state index in [1.165, 1.54) is 12.8 Å². The summed E-state index contributed by atoms with van der Waals surface area (Å²) in [6.45, 7) is 3.04. The molecule has 150 valence electrons. The van der Waals surface area contributed by atoms with E-state index in [1.54, 1.807) is 6.07 Å². The number of hydrogen-bond donors (Lipinski definition) is 3. The van der Waals surface area contributed by atoms with Gasteiger partial charge in [0.15, 0.2) is 0 Å². The van der Waals surface area contributed by atoms with Gasteiger partial charge in [0, 0.05) is 35.9 Å². The SMILES string of the molecule is C[C@H](C1CC1)N1CCC23CC(=O)CC[C@@]2(O)[C@H]1Cc1ccc(C(N)=O)c(O)c13. The van der Waals surface area contributed by atoms with Crippen LogP contribution in [0.15, 0.2) is 12.1 Å². The number of nitrogens with zero attached hydrogens (tertiary/aromatic N) is 1. The number of aromatic hydroxyl groups is 1. The van der Waals surface area contributed by atoms with Gasteiger partial charge in [0.25, 0.3) is 5.91 Å². The first-order valence-electron chi connectivity index (χ1n) is 10.4. The van der Waals surface area contributed by atoms with Gasteiger partial charge < -0.3 is 15.9 Å². The molecule has 1 amide bonds. The van der Waals surface area contributed by atoms with E-state index >= 15 is 0 Å². The van der Waals surface area contributed by atoms with E-state index < -0.39 is 16.9 Å². The Morgan fingerprint density at radius 3 is 2.75 bits per heavy atom. The van der Waals surface area contributed by atoms with Crippen LogP contribution < -0.4 is 5.73 Å². The third-order valence-electron chi connectivity index (χ3n) is 8.11. The minimum atomic E-state index is -1.08. The molecule has 0 spiro atoms. The number of rotatable bonds is 3. The van der Waals surface area contributed by atoms with Gasteiger partial charge in [-0.3, -0.25) is 14.5 Å². The van der Waals surface area contributed by atoms with E-state index in [0.717, 1.165) is 12.1 Å². The van der Waals surface area contributed by atoms with E-state index in [-0.39, 0.29) is 29.6 Å². The Balaban J connectivity index is 1.70. The maximum Gasteiger partial charge on any atom is 0.252 e. The largest absolute Gasteiger partial charge is 0.507 e. The fourth-order valence-electron chi connectivity index (χ4n) is 6.48. The minimum absolute atomic E-state index is 0.0701. The molecule has 1 aromatic rings. The van der Waals surface area contributed by atoms with Crippen molar-refractivity contribution in [3.8, 4) is 5.75 Å². The van der Waals surface area contributed by atoms with Crippen molar-refractivity contribution in [2.45, 2.75) is 75.0 Å². The lowest BCUT2D eigenvalue weighted by atomic mass is 9.49. The Morgan fingerprint density at radius 2 is 2.07 bits per heavy atom. The molecular weight excluding hydrogens is 356 g/mol. The highest BCUT2D eigenvalue weighted by Crippen LogP contribution is 2.60. The highest BCUT2D eigenvalue weighted by molar-refractivity contribution is 5.96. The number of carbonyl (C=O) groups excluding carboxylic acids is 2. The Kier molecular flexibility index (Phi) is 3.75. The van der Waals surface area contributed by atoms with Crippen LogP contribution in [0.4, 0.5) is 0 Å². The van der Waals surface area contributed by atoms with Crippen molar-refractivity contribution >= 4 is 11.7 Å². The lowest BCUT2D eigenvalue weighted by Gasteiger charge is -2.64. The molecular formula is C22H28N2O4. The minimum Gasteiger partial charge on any atom is -0.507 e. The van der Waals surface area contributed by atoms with Crippen LogP contribution in [0.25, 0.3) is 0 Å². The molecule has 1 aromatic carbocycles. The van der Waals surface area contributed by atoms with E-state index in [1.807, 2.05) is 6.07 Å². The molecule has 2 saturated carbocycles. The predicted octanol–water partition coefficient (Wildman–Crippen LogP) is 1.64. The first-order valence-corrected chi connectivity index (χ1v) is 10.4. The summed E-state index contributed by atoms with van der Waals surface area (Å²) in [5.41, 5.74) is 5.14. The second-order valence-corrected chi connectivity index (χ2v) is 9.37. The standard InChI is InChI=1S/C22H28N2O4/c1-12(13-2-3-13)24-9-8-21-11-15(25)6-7-22(21,28)17(24)10-14-4-5-16(20(23)27)19(26)18(14)21/h4-5,12-13,17,26,28H,2-3,6-11H2,1H3,(H2,23,27)/t12-,17-,21?,22-/m1/s1. The molecule has 1 unspecified atom stereocenters. The second-order valence-electron chi connectivity index (χ2n) is 9.37. The monoisotopic (exact) mass is 384 g/mol. The number of Topliss-reactive ketones (excluding diaryl/α,β-unsaturated/α-hetero) is 1. The van der Waals surface area contributed by atoms with Crippen molar-refractivity contribution < 1.29 is 19.8 Å². The molecule has 5 rings (SSSR count). The summed E-state index contributed by atoms with van der Waals surface area (Å²) in [6, 6.07) is 3.77. The Morgan fingerprint density at radius 1 is 1.32 bits per heavy atom. The highest BCUT2D eigenvalue weighted by Gasteiger charge is 2.66. The summed E-state index contributed by atoms with van der Waals surface area (Å²) in [6.07, 6.45) is 4.69. The van der Waals surface area contributed by atoms with Gasteiger partial charge in [0.05, 0.1) is 11.2 Å². The molecule has 0 aromatic heterocycles. The second kappa shape index (κ2) is 5.80. The number of likely N-dealkylation sites (tertiary alicyclic amines) is 1. The average Bonchev–Trinajstić information content (AvgIpc) is 3.46. The van der Waals surface area contributed by atoms with E-state index in [4.69, 9.17) is 5.73 Å². The number of ketones is 1. The Bertz CT molecular complexity index is 880. The zero-order chi connectivity index (χ0) is 19.8. The van der Waals surface area contributed by atoms with Gasteiger partial charge in [-0.1, -0.05) is 6.07 Å². The zero-order valence-corrected chi connectivity index (χ0v) is 16.3. The van der Waals surface area contributed by atoms with Crippen LogP contribution in [-0.4, -0.2) is 51.0 Å². The van der Waals surface area contributed by atoms with Crippen molar-refractivity contribution in [2.75, 3.05) is 6.54 Å². The molecule has 4 aliphatic rings. The van der Waals surface area contributed by atoms with Gasteiger partial charge in [0.1, 0.15) is 11.5 Å². The molecule has 1 saturated heterocycles. The van der Waals surface area contributed by atoms with Crippen molar-refractivity contribution in [1.82, 2.24) is 4.90 Å². The summed E-state index contributed by atoms with van der Waals surface area (Å²) in [5, 5.41) is 23.1. The number of fused-ring (bicyclic) bond motifs is 1. The van der Waals surface area contributed by atoms with Crippen molar-refractivity contribution in [3.05, 3.63) is 28.8 Å². The summed E-state index contributed by atoms with van der Waals surface area (Å²) in [4.78, 5) is 26.8. The number of primary amides is 1. The maximum atomic E-state index is 12.5. The van der Waals surface area contributed by atoms with Crippen molar-refractivity contribution in [1.29, 1.82) is 0 Å². The van der Waals surface area contributed by atoms with Gasteiger partial charge in [-0.15, -0.1) is 0 Å². The lowest BCUT2D eigenvalue weighted by molar-refractivity contribution is -0.179. The molecule has 4 N–H and O–H groups in total. The van der Waals surface area contributed by atoms with Crippen LogP contribution in [0.5, 0.6) is 5.75 Å². The fraction of sp³-hybridized carbons (Fsp3) is 0.636. The fourth-order valence-corrected chi connectivity index (χ4v) is 6.48. The number of benzene rings is 1. The van der Waals surface area contributed by atoms with E-state index in [0.29, 0.717) is 43.2 Å². The first-order chi connectivity index (χ1) is 13.3. The van der Waals surface area contributed by atoms with Crippen LogP contribution in [0.2, 0.25) is 0 Å². The van der Waals surface area contributed by atoms with E-state index in [2.05, 4.69) is 11.8 Å². The van der Waals surface area contributed by atoms with Crippen LogP contribution >= 0.6 is 0 Å². The van der Waals surface area contributed by atoms with Crippen LogP contribution in [0.1, 0.15) is 66.9 Å².